The molecule has 1 aromatic rings. The fourth-order valence-electron chi connectivity index (χ4n) is 4.21. The molecule has 0 spiro atoms. The van der Waals surface area contributed by atoms with E-state index in [1.807, 2.05) is 30.0 Å². The van der Waals surface area contributed by atoms with E-state index in [1.54, 1.807) is 0 Å². The van der Waals surface area contributed by atoms with Gasteiger partial charge in [-0.25, -0.2) is 0 Å². The van der Waals surface area contributed by atoms with Crippen LogP contribution in [-0.4, -0.2) is 41.6 Å². The maximum absolute atomic E-state index is 12.5. The number of nitrogens with zero attached hydrogens (tertiary/aromatic N) is 1. The summed E-state index contributed by atoms with van der Waals surface area (Å²) in [6.07, 6.45) is 8.08. The Morgan fingerprint density at radius 2 is 1.92 bits per heavy atom. The zero-order valence-electron chi connectivity index (χ0n) is 15.5. The minimum atomic E-state index is -0.811. The lowest BCUT2D eigenvalue weighted by Gasteiger charge is -2.35. The quantitative estimate of drug-likeness (QED) is 0.863. The predicted molar refractivity (Wildman–Crippen MR) is 100 cm³/mol. The van der Waals surface area contributed by atoms with Crippen LogP contribution in [-0.2, 0) is 16.8 Å². The number of fused-ring (bicyclic) bond motifs is 1. The Labute approximate surface area is 151 Å². The van der Waals surface area contributed by atoms with Crippen molar-refractivity contribution in [3.8, 4) is 0 Å². The molecule has 4 heteroatoms. The Hall–Kier alpha value is -1.39. The average molecular weight is 344 g/mol. The van der Waals surface area contributed by atoms with E-state index in [2.05, 4.69) is 11.4 Å². The number of carbonyl (C=O) groups excluding carboxylic acids is 1. The van der Waals surface area contributed by atoms with E-state index in [0.29, 0.717) is 13.0 Å². The molecule has 4 nitrogen and oxygen atoms in total. The second kappa shape index (κ2) is 8.33. The third-order valence-corrected chi connectivity index (χ3v) is 5.74. The van der Waals surface area contributed by atoms with Crippen molar-refractivity contribution in [1.82, 2.24) is 10.2 Å². The van der Waals surface area contributed by atoms with Gasteiger partial charge in [0.25, 0.3) is 0 Å². The van der Waals surface area contributed by atoms with E-state index in [0.717, 1.165) is 50.8 Å². The molecule has 0 bridgehead atoms. The molecule has 2 unspecified atom stereocenters. The molecule has 0 aromatic heterocycles. The van der Waals surface area contributed by atoms with E-state index >= 15 is 0 Å². The van der Waals surface area contributed by atoms with E-state index < -0.39 is 5.60 Å². The van der Waals surface area contributed by atoms with Crippen molar-refractivity contribution in [3.05, 3.63) is 35.4 Å². The summed E-state index contributed by atoms with van der Waals surface area (Å²) >= 11 is 0. The molecule has 1 aliphatic carbocycles. The lowest BCUT2D eigenvalue weighted by atomic mass is 9.79. The number of carbonyl (C=O) groups is 1. The highest BCUT2D eigenvalue weighted by Crippen LogP contribution is 2.34. The van der Waals surface area contributed by atoms with Crippen LogP contribution in [0.1, 0.15) is 63.0 Å². The molecule has 0 saturated carbocycles. The summed E-state index contributed by atoms with van der Waals surface area (Å²) in [4.78, 5) is 14.5. The molecule has 1 amide bonds. The van der Waals surface area contributed by atoms with Gasteiger partial charge < -0.3 is 15.3 Å². The smallest absolute Gasteiger partial charge is 0.224 e. The Morgan fingerprint density at radius 1 is 1.20 bits per heavy atom. The summed E-state index contributed by atoms with van der Waals surface area (Å²) in [6.45, 7) is 4.37. The van der Waals surface area contributed by atoms with Crippen LogP contribution in [0.4, 0.5) is 0 Å². The summed E-state index contributed by atoms with van der Waals surface area (Å²) < 4.78 is 0. The molecular formula is C21H32N2O2. The van der Waals surface area contributed by atoms with Gasteiger partial charge >= 0.3 is 0 Å². The molecule has 1 fully saturated rings. The fourth-order valence-corrected chi connectivity index (χ4v) is 4.21. The summed E-state index contributed by atoms with van der Waals surface area (Å²) in [7, 11) is 0. The van der Waals surface area contributed by atoms with Crippen LogP contribution < -0.4 is 5.32 Å². The third kappa shape index (κ3) is 4.62. The predicted octanol–water partition coefficient (Wildman–Crippen LogP) is 2.98. The topological polar surface area (TPSA) is 52.6 Å². The monoisotopic (exact) mass is 344 g/mol. The van der Waals surface area contributed by atoms with Crippen LogP contribution in [0.5, 0.6) is 0 Å². The number of rotatable bonds is 5. The summed E-state index contributed by atoms with van der Waals surface area (Å²) in [6, 6.07) is 8.28. The van der Waals surface area contributed by atoms with E-state index in [1.165, 1.54) is 18.4 Å². The number of aryl methyl sites for hydroxylation is 1. The maximum atomic E-state index is 12.5. The summed E-state index contributed by atoms with van der Waals surface area (Å²) in [5.41, 5.74) is 1.50. The summed E-state index contributed by atoms with van der Waals surface area (Å²) in [5.74, 6) is 0.248. The molecule has 2 aliphatic rings. The van der Waals surface area contributed by atoms with Gasteiger partial charge in [-0.3, -0.25) is 4.79 Å². The lowest BCUT2D eigenvalue weighted by Crippen LogP contribution is -2.45. The van der Waals surface area contributed by atoms with E-state index in [4.69, 9.17) is 0 Å². The van der Waals surface area contributed by atoms with Gasteiger partial charge in [-0.1, -0.05) is 37.1 Å². The van der Waals surface area contributed by atoms with Gasteiger partial charge in [0.2, 0.25) is 5.91 Å². The molecule has 1 saturated heterocycles. The Bertz CT molecular complexity index is 581. The first-order valence-electron chi connectivity index (χ1n) is 9.90. The Morgan fingerprint density at radius 3 is 2.68 bits per heavy atom. The maximum Gasteiger partial charge on any atom is 0.224 e. The van der Waals surface area contributed by atoms with Crippen LogP contribution in [0.2, 0.25) is 0 Å². The van der Waals surface area contributed by atoms with Gasteiger partial charge in [0.1, 0.15) is 5.60 Å². The van der Waals surface area contributed by atoms with Crippen LogP contribution in [0.3, 0.4) is 0 Å². The molecule has 2 N–H and O–H groups in total. The molecule has 1 aliphatic heterocycles. The van der Waals surface area contributed by atoms with Gasteiger partial charge in [0, 0.05) is 32.1 Å². The highest BCUT2D eigenvalue weighted by molar-refractivity contribution is 5.76. The lowest BCUT2D eigenvalue weighted by molar-refractivity contribution is -0.131. The largest absolute Gasteiger partial charge is 0.384 e. The normalized spacial score (nSPS) is 25.1. The number of hydrogen-bond acceptors (Lipinski definition) is 3. The van der Waals surface area contributed by atoms with Crippen LogP contribution in [0, 0.1) is 0 Å². The molecule has 138 valence electrons. The Kier molecular flexibility index (Phi) is 6.13. The average Bonchev–Trinajstić information content (AvgIpc) is 2.90. The second-order valence-corrected chi connectivity index (χ2v) is 7.82. The van der Waals surface area contributed by atoms with Crippen molar-refractivity contribution in [1.29, 1.82) is 0 Å². The minimum Gasteiger partial charge on any atom is -0.384 e. The van der Waals surface area contributed by atoms with Crippen molar-refractivity contribution < 1.29 is 9.90 Å². The van der Waals surface area contributed by atoms with Crippen LogP contribution in [0.25, 0.3) is 0 Å². The number of likely N-dealkylation sites (tertiary alicyclic amines) is 1. The van der Waals surface area contributed by atoms with Gasteiger partial charge in [-0.05, 0) is 50.2 Å². The molecule has 0 radical (unpaired) electrons. The molecule has 3 rings (SSSR count). The SMILES string of the molecule is CC(CC(=O)N1CCCCCC1)NCC1(O)CCCc2ccccc21. The first kappa shape index (κ1) is 18.4. The summed E-state index contributed by atoms with van der Waals surface area (Å²) in [5, 5.41) is 14.6. The third-order valence-electron chi connectivity index (χ3n) is 5.74. The van der Waals surface area contributed by atoms with Gasteiger partial charge in [-0.2, -0.15) is 0 Å². The zero-order valence-corrected chi connectivity index (χ0v) is 15.5. The van der Waals surface area contributed by atoms with Crippen molar-refractivity contribution in [3.63, 3.8) is 0 Å². The highest BCUT2D eigenvalue weighted by Gasteiger charge is 2.34. The molecule has 1 heterocycles. The number of aliphatic hydroxyl groups is 1. The van der Waals surface area contributed by atoms with E-state index in [-0.39, 0.29) is 11.9 Å². The second-order valence-electron chi connectivity index (χ2n) is 7.82. The fraction of sp³-hybridized carbons (Fsp3) is 0.667. The molecule has 25 heavy (non-hydrogen) atoms. The highest BCUT2D eigenvalue weighted by atomic mass is 16.3. The minimum absolute atomic E-state index is 0.0777. The Balaban J connectivity index is 1.53. The van der Waals surface area contributed by atoms with Gasteiger partial charge in [0.15, 0.2) is 0 Å². The zero-order chi connectivity index (χ0) is 17.7. The van der Waals surface area contributed by atoms with Crippen molar-refractivity contribution >= 4 is 5.91 Å². The standard InChI is InChI=1S/C21H32N2O2/c1-17(15-20(24)23-13-6-2-3-7-14-23)22-16-21(25)12-8-10-18-9-4-5-11-19(18)21/h4-5,9,11,17,22,25H,2-3,6-8,10,12-16H2,1H3. The number of benzene rings is 1. The van der Waals surface area contributed by atoms with Crippen molar-refractivity contribution in [2.75, 3.05) is 19.6 Å². The first-order chi connectivity index (χ1) is 12.1. The number of amides is 1. The van der Waals surface area contributed by atoms with Crippen LogP contribution in [0.15, 0.2) is 24.3 Å². The van der Waals surface area contributed by atoms with Crippen molar-refractivity contribution in [2.24, 2.45) is 0 Å². The number of hydrogen-bond donors (Lipinski definition) is 2. The first-order valence-corrected chi connectivity index (χ1v) is 9.90. The van der Waals surface area contributed by atoms with E-state index in [9.17, 15) is 9.90 Å². The van der Waals surface area contributed by atoms with Gasteiger partial charge in [0.05, 0.1) is 0 Å². The van der Waals surface area contributed by atoms with Crippen LogP contribution >= 0.6 is 0 Å². The molecule has 1 aromatic carbocycles. The molecular weight excluding hydrogens is 312 g/mol. The van der Waals surface area contributed by atoms with Crippen molar-refractivity contribution in [2.45, 2.75) is 69.9 Å². The molecule has 2 atom stereocenters. The number of nitrogens with one attached hydrogen (secondary N) is 1. The van der Waals surface area contributed by atoms with Gasteiger partial charge in [-0.15, -0.1) is 0 Å².